The maximum Gasteiger partial charge on any atom is 0.0698 e. The molecule has 2 aliphatic rings. The number of fused-ring (bicyclic) bond motifs is 1. The van der Waals surface area contributed by atoms with E-state index in [1.54, 1.807) is 0 Å². The Morgan fingerprint density at radius 2 is 2.29 bits per heavy atom. The van der Waals surface area contributed by atoms with Gasteiger partial charge in [0.05, 0.1) is 5.69 Å². The van der Waals surface area contributed by atoms with Crippen LogP contribution in [0.1, 0.15) is 18.5 Å². The Balaban J connectivity index is 1.97. The molecule has 0 N–H and O–H groups in total. The van der Waals surface area contributed by atoms with E-state index in [4.69, 9.17) is 0 Å². The minimum Gasteiger partial charge on any atom is -0.256 e. The van der Waals surface area contributed by atoms with Gasteiger partial charge in [0.1, 0.15) is 0 Å². The second-order valence-corrected chi connectivity index (χ2v) is 4.13. The molecule has 14 heavy (non-hydrogen) atoms. The van der Waals surface area contributed by atoms with Gasteiger partial charge < -0.3 is 0 Å². The SMILES string of the molecule is C1=CC(c2ccccn2)=CC2CC2C1. The molecule has 0 saturated heterocycles. The van der Waals surface area contributed by atoms with Crippen molar-refractivity contribution in [2.75, 3.05) is 0 Å². The Hall–Kier alpha value is -1.37. The van der Waals surface area contributed by atoms with Crippen LogP contribution in [0.5, 0.6) is 0 Å². The first-order chi connectivity index (χ1) is 6.93. The fourth-order valence-electron chi connectivity index (χ4n) is 2.11. The molecule has 1 heterocycles. The summed E-state index contributed by atoms with van der Waals surface area (Å²) in [5.41, 5.74) is 2.41. The highest BCUT2D eigenvalue weighted by atomic mass is 14.7. The van der Waals surface area contributed by atoms with E-state index < -0.39 is 0 Å². The molecular formula is C13H13N. The lowest BCUT2D eigenvalue weighted by molar-refractivity contribution is 0.813. The summed E-state index contributed by atoms with van der Waals surface area (Å²) in [6.45, 7) is 0. The van der Waals surface area contributed by atoms with Gasteiger partial charge in [0.25, 0.3) is 0 Å². The van der Waals surface area contributed by atoms with E-state index in [0.29, 0.717) is 0 Å². The average molecular weight is 183 g/mol. The molecule has 1 aromatic rings. The van der Waals surface area contributed by atoms with Crippen molar-refractivity contribution in [1.29, 1.82) is 0 Å². The van der Waals surface area contributed by atoms with E-state index >= 15 is 0 Å². The van der Waals surface area contributed by atoms with Crippen LogP contribution in [0.2, 0.25) is 0 Å². The summed E-state index contributed by atoms with van der Waals surface area (Å²) in [5.74, 6) is 1.74. The summed E-state index contributed by atoms with van der Waals surface area (Å²) in [5, 5.41) is 0. The third-order valence-electron chi connectivity index (χ3n) is 3.07. The van der Waals surface area contributed by atoms with Crippen LogP contribution in [0.15, 0.2) is 42.6 Å². The first-order valence-corrected chi connectivity index (χ1v) is 5.23. The average Bonchev–Trinajstić information content (AvgIpc) is 2.95. The number of hydrogen-bond donors (Lipinski definition) is 0. The molecule has 1 saturated carbocycles. The molecule has 0 amide bonds. The standard InChI is InChI=1S/C13H13N/c1-2-7-14-13(6-1)11-5-3-4-10-8-12(10)9-11/h1-3,5-7,9-10,12H,4,8H2. The summed E-state index contributed by atoms with van der Waals surface area (Å²) < 4.78 is 0. The summed E-state index contributed by atoms with van der Waals surface area (Å²) in [7, 11) is 0. The molecule has 2 atom stereocenters. The molecule has 3 rings (SSSR count). The molecule has 1 fully saturated rings. The summed E-state index contributed by atoms with van der Waals surface area (Å²) >= 11 is 0. The van der Waals surface area contributed by atoms with Crippen molar-refractivity contribution in [3.8, 4) is 0 Å². The van der Waals surface area contributed by atoms with Crippen LogP contribution in [0, 0.1) is 11.8 Å². The molecular weight excluding hydrogens is 170 g/mol. The first-order valence-electron chi connectivity index (χ1n) is 5.23. The molecule has 70 valence electrons. The van der Waals surface area contributed by atoms with Crippen LogP contribution >= 0.6 is 0 Å². The number of rotatable bonds is 1. The lowest BCUT2D eigenvalue weighted by atomic mass is 10.1. The van der Waals surface area contributed by atoms with Crippen molar-refractivity contribution in [3.63, 3.8) is 0 Å². The fourth-order valence-corrected chi connectivity index (χ4v) is 2.11. The highest BCUT2D eigenvalue weighted by Gasteiger charge is 2.35. The van der Waals surface area contributed by atoms with Crippen molar-refractivity contribution >= 4 is 5.57 Å². The highest BCUT2D eigenvalue weighted by molar-refractivity contribution is 5.72. The molecule has 0 aliphatic heterocycles. The quantitative estimate of drug-likeness (QED) is 0.652. The zero-order valence-electron chi connectivity index (χ0n) is 8.06. The normalized spacial score (nSPS) is 29.0. The Morgan fingerprint density at radius 1 is 1.29 bits per heavy atom. The number of hydrogen-bond acceptors (Lipinski definition) is 1. The van der Waals surface area contributed by atoms with Crippen molar-refractivity contribution in [3.05, 3.63) is 48.3 Å². The zero-order valence-corrected chi connectivity index (χ0v) is 8.06. The third-order valence-corrected chi connectivity index (χ3v) is 3.07. The summed E-state index contributed by atoms with van der Waals surface area (Å²) in [6.07, 6.45) is 11.4. The predicted octanol–water partition coefficient (Wildman–Crippen LogP) is 3.06. The smallest absolute Gasteiger partial charge is 0.0698 e. The van der Waals surface area contributed by atoms with Crippen molar-refractivity contribution < 1.29 is 0 Å². The van der Waals surface area contributed by atoms with Gasteiger partial charge in [0.2, 0.25) is 0 Å². The van der Waals surface area contributed by atoms with Gasteiger partial charge >= 0.3 is 0 Å². The van der Waals surface area contributed by atoms with Crippen LogP contribution < -0.4 is 0 Å². The lowest BCUT2D eigenvalue weighted by Gasteiger charge is -1.99. The second kappa shape index (κ2) is 3.09. The van der Waals surface area contributed by atoms with Crippen LogP contribution in [-0.4, -0.2) is 4.98 Å². The molecule has 2 unspecified atom stereocenters. The van der Waals surface area contributed by atoms with E-state index in [2.05, 4.69) is 29.3 Å². The number of aromatic nitrogens is 1. The molecule has 0 radical (unpaired) electrons. The Bertz CT molecular complexity index is 389. The largest absolute Gasteiger partial charge is 0.256 e. The van der Waals surface area contributed by atoms with Crippen LogP contribution in [0.3, 0.4) is 0 Å². The van der Waals surface area contributed by atoms with Gasteiger partial charge in [-0.1, -0.05) is 24.3 Å². The summed E-state index contributed by atoms with van der Waals surface area (Å²) in [4.78, 5) is 4.38. The van der Waals surface area contributed by atoms with Gasteiger partial charge in [0.15, 0.2) is 0 Å². The number of pyridine rings is 1. The van der Waals surface area contributed by atoms with Crippen LogP contribution in [-0.2, 0) is 0 Å². The third kappa shape index (κ3) is 1.39. The van der Waals surface area contributed by atoms with E-state index in [0.717, 1.165) is 17.5 Å². The van der Waals surface area contributed by atoms with Crippen molar-refractivity contribution in [2.45, 2.75) is 12.8 Å². The van der Waals surface area contributed by atoms with Gasteiger partial charge in [-0.25, -0.2) is 0 Å². The molecule has 0 bridgehead atoms. The molecule has 1 aromatic heterocycles. The minimum atomic E-state index is 0.821. The second-order valence-electron chi connectivity index (χ2n) is 4.13. The van der Waals surface area contributed by atoms with Gasteiger partial charge in [-0.3, -0.25) is 4.98 Å². The Labute approximate surface area is 84.2 Å². The number of nitrogens with zero attached hydrogens (tertiary/aromatic N) is 1. The zero-order chi connectivity index (χ0) is 9.38. The van der Waals surface area contributed by atoms with E-state index in [9.17, 15) is 0 Å². The predicted molar refractivity (Wildman–Crippen MR) is 57.6 cm³/mol. The molecule has 2 aliphatic carbocycles. The van der Waals surface area contributed by atoms with Crippen LogP contribution in [0.4, 0.5) is 0 Å². The first kappa shape index (κ1) is 7.98. The molecule has 1 nitrogen and oxygen atoms in total. The monoisotopic (exact) mass is 183 g/mol. The van der Waals surface area contributed by atoms with Gasteiger partial charge in [0, 0.05) is 6.20 Å². The van der Waals surface area contributed by atoms with E-state index in [-0.39, 0.29) is 0 Å². The van der Waals surface area contributed by atoms with Crippen LogP contribution in [0.25, 0.3) is 5.57 Å². The maximum absolute atomic E-state index is 4.38. The van der Waals surface area contributed by atoms with Gasteiger partial charge in [-0.15, -0.1) is 0 Å². The Kier molecular flexibility index (Phi) is 1.76. The summed E-state index contributed by atoms with van der Waals surface area (Å²) in [6, 6.07) is 6.09. The lowest BCUT2D eigenvalue weighted by Crippen LogP contribution is -1.85. The fraction of sp³-hybridized carbons (Fsp3) is 0.308. The molecule has 0 aromatic carbocycles. The van der Waals surface area contributed by atoms with Gasteiger partial charge in [-0.05, 0) is 42.4 Å². The maximum atomic E-state index is 4.38. The van der Waals surface area contributed by atoms with Gasteiger partial charge in [-0.2, -0.15) is 0 Å². The van der Waals surface area contributed by atoms with Crippen molar-refractivity contribution in [2.24, 2.45) is 11.8 Å². The number of allylic oxidation sites excluding steroid dienone is 4. The van der Waals surface area contributed by atoms with E-state index in [1.165, 1.54) is 18.4 Å². The Morgan fingerprint density at radius 3 is 3.14 bits per heavy atom. The highest BCUT2D eigenvalue weighted by Crippen LogP contribution is 2.45. The topological polar surface area (TPSA) is 12.9 Å². The minimum absolute atomic E-state index is 0.821. The van der Waals surface area contributed by atoms with E-state index in [1.807, 2.05) is 18.3 Å². The van der Waals surface area contributed by atoms with Crippen molar-refractivity contribution in [1.82, 2.24) is 4.98 Å². The molecule has 0 spiro atoms. The molecule has 1 heteroatoms.